The second kappa shape index (κ2) is 8.79. The van der Waals surface area contributed by atoms with Crippen LogP contribution in [0.2, 0.25) is 0 Å². The monoisotopic (exact) mass is 366 g/mol. The molecule has 1 aromatic carbocycles. The number of methoxy groups -OCH3 is 1. The maximum atomic E-state index is 11.9. The van der Waals surface area contributed by atoms with Crippen LogP contribution >= 0.6 is 24.0 Å². The first-order chi connectivity index (χ1) is 11.5. The standard InChI is InChI=1S/C16H18N2O4S2/c1-22-15(21)11-5-7-12(8-6-11)17-13(19)4-2-3-9-18-14(20)10-24-16(18)23/h5-8H,2-4,9-10H2,1H3,(H,17,19). The predicted molar refractivity (Wildman–Crippen MR) is 97.0 cm³/mol. The molecule has 0 aromatic heterocycles. The lowest BCUT2D eigenvalue weighted by atomic mass is 10.2. The van der Waals surface area contributed by atoms with Crippen LogP contribution in [-0.4, -0.2) is 46.4 Å². The number of anilines is 1. The van der Waals surface area contributed by atoms with Gasteiger partial charge in [-0.3, -0.25) is 14.5 Å². The summed E-state index contributed by atoms with van der Waals surface area (Å²) in [6, 6.07) is 6.50. The molecule has 0 saturated carbocycles. The lowest BCUT2D eigenvalue weighted by Gasteiger charge is -2.14. The number of benzene rings is 1. The molecule has 1 aromatic rings. The van der Waals surface area contributed by atoms with Gasteiger partial charge < -0.3 is 10.1 Å². The van der Waals surface area contributed by atoms with Crippen molar-refractivity contribution in [1.29, 1.82) is 0 Å². The van der Waals surface area contributed by atoms with Gasteiger partial charge in [0, 0.05) is 18.7 Å². The Hall–Kier alpha value is -1.93. The molecule has 0 bridgehead atoms. The van der Waals surface area contributed by atoms with E-state index in [1.54, 1.807) is 29.2 Å². The first-order valence-corrected chi connectivity index (χ1v) is 8.86. The van der Waals surface area contributed by atoms with Crippen molar-refractivity contribution in [3.05, 3.63) is 29.8 Å². The zero-order valence-electron chi connectivity index (χ0n) is 13.2. The van der Waals surface area contributed by atoms with Crippen molar-refractivity contribution >= 4 is 51.8 Å². The topological polar surface area (TPSA) is 75.7 Å². The minimum atomic E-state index is -0.416. The second-order valence-electron chi connectivity index (χ2n) is 5.17. The quantitative estimate of drug-likeness (QED) is 0.454. The fourth-order valence-corrected chi connectivity index (χ4v) is 3.31. The molecule has 1 aliphatic rings. The Kier molecular flexibility index (Phi) is 6.74. The zero-order valence-corrected chi connectivity index (χ0v) is 14.9. The van der Waals surface area contributed by atoms with Crippen LogP contribution in [0.3, 0.4) is 0 Å². The van der Waals surface area contributed by atoms with Crippen molar-refractivity contribution in [2.45, 2.75) is 19.3 Å². The van der Waals surface area contributed by atoms with E-state index < -0.39 is 5.97 Å². The molecule has 2 rings (SSSR count). The summed E-state index contributed by atoms with van der Waals surface area (Å²) in [5, 5.41) is 2.77. The van der Waals surface area contributed by atoms with E-state index >= 15 is 0 Å². The van der Waals surface area contributed by atoms with Crippen LogP contribution in [0, 0.1) is 0 Å². The van der Waals surface area contributed by atoms with E-state index in [0.29, 0.717) is 40.7 Å². The van der Waals surface area contributed by atoms with Gasteiger partial charge in [-0.15, -0.1) is 0 Å². The van der Waals surface area contributed by atoms with Crippen molar-refractivity contribution in [3.8, 4) is 0 Å². The van der Waals surface area contributed by atoms with Crippen LogP contribution < -0.4 is 5.32 Å². The number of thiocarbonyl (C=S) groups is 1. The Morgan fingerprint density at radius 3 is 2.58 bits per heavy atom. The molecule has 24 heavy (non-hydrogen) atoms. The number of unbranched alkanes of at least 4 members (excludes halogenated alkanes) is 1. The van der Waals surface area contributed by atoms with Crippen LogP contribution in [-0.2, 0) is 14.3 Å². The zero-order chi connectivity index (χ0) is 17.5. The summed E-state index contributed by atoms with van der Waals surface area (Å²) in [4.78, 5) is 36.4. The number of amides is 2. The highest BCUT2D eigenvalue weighted by atomic mass is 32.2. The molecule has 128 valence electrons. The maximum Gasteiger partial charge on any atom is 0.337 e. The summed E-state index contributed by atoms with van der Waals surface area (Å²) < 4.78 is 5.24. The molecule has 0 aliphatic carbocycles. The first kappa shape index (κ1) is 18.4. The van der Waals surface area contributed by atoms with Crippen molar-refractivity contribution in [1.82, 2.24) is 4.90 Å². The van der Waals surface area contributed by atoms with E-state index in [0.717, 1.165) is 6.42 Å². The SMILES string of the molecule is COC(=O)c1ccc(NC(=O)CCCCN2C(=O)CSC2=S)cc1. The molecule has 1 N–H and O–H groups in total. The molecule has 6 nitrogen and oxygen atoms in total. The molecule has 2 amide bonds. The third-order valence-corrected chi connectivity index (χ3v) is 4.90. The van der Waals surface area contributed by atoms with Gasteiger partial charge in [-0.25, -0.2) is 4.79 Å². The Morgan fingerprint density at radius 1 is 1.29 bits per heavy atom. The first-order valence-electron chi connectivity index (χ1n) is 7.46. The molecule has 0 unspecified atom stereocenters. The Balaban J connectivity index is 1.70. The van der Waals surface area contributed by atoms with Crippen LogP contribution in [0.15, 0.2) is 24.3 Å². The largest absolute Gasteiger partial charge is 0.465 e. The van der Waals surface area contributed by atoms with Crippen LogP contribution in [0.25, 0.3) is 0 Å². The van der Waals surface area contributed by atoms with Gasteiger partial charge in [-0.05, 0) is 37.1 Å². The van der Waals surface area contributed by atoms with Gasteiger partial charge in [0.1, 0.15) is 4.32 Å². The number of rotatable bonds is 7. The minimum absolute atomic E-state index is 0.0418. The molecule has 1 saturated heterocycles. The summed E-state index contributed by atoms with van der Waals surface area (Å²) in [6.07, 6.45) is 1.75. The van der Waals surface area contributed by atoms with Gasteiger partial charge in [0.2, 0.25) is 11.8 Å². The number of carbonyl (C=O) groups is 3. The highest BCUT2D eigenvalue weighted by Crippen LogP contribution is 2.19. The number of nitrogens with one attached hydrogen (secondary N) is 1. The number of hydrogen-bond donors (Lipinski definition) is 1. The van der Waals surface area contributed by atoms with E-state index in [1.807, 2.05) is 0 Å². The number of nitrogens with zero attached hydrogens (tertiary/aromatic N) is 1. The van der Waals surface area contributed by atoms with E-state index in [-0.39, 0.29) is 11.8 Å². The number of carbonyl (C=O) groups excluding carboxylic acids is 3. The highest BCUT2D eigenvalue weighted by Gasteiger charge is 2.25. The van der Waals surface area contributed by atoms with Gasteiger partial charge in [-0.1, -0.05) is 24.0 Å². The van der Waals surface area contributed by atoms with Gasteiger partial charge >= 0.3 is 5.97 Å². The van der Waals surface area contributed by atoms with E-state index in [2.05, 4.69) is 10.1 Å². The third kappa shape index (κ3) is 5.04. The molecular weight excluding hydrogens is 348 g/mol. The van der Waals surface area contributed by atoms with Gasteiger partial charge in [0.25, 0.3) is 0 Å². The van der Waals surface area contributed by atoms with E-state index in [9.17, 15) is 14.4 Å². The lowest BCUT2D eigenvalue weighted by molar-refractivity contribution is -0.124. The van der Waals surface area contributed by atoms with E-state index in [4.69, 9.17) is 12.2 Å². The summed E-state index contributed by atoms with van der Waals surface area (Å²) in [5.41, 5.74) is 1.06. The number of hydrogen-bond acceptors (Lipinski definition) is 6. The molecule has 1 fully saturated rings. The normalized spacial score (nSPS) is 14.0. The smallest absolute Gasteiger partial charge is 0.337 e. The summed E-state index contributed by atoms with van der Waals surface area (Å²) in [7, 11) is 1.32. The third-order valence-electron chi connectivity index (χ3n) is 3.47. The molecule has 0 spiro atoms. The van der Waals surface area contributed by atoms with Crippen LogP contribution in [0.1, 0.15) is 29.6 Å². The van der Waals surface area contributed by atoms with Crippen LogP contribution in [0.5, 0.6) is 0 Å². The molecule has 1 heterocycles. The van der Waals surface area contributed by atoms with E-state index in [1.165, 1.54) is 18.9 Å². The fraction of sp³-hybridized carbons (Fsp3) is 0.375. The second-order valence-corrected chi connectivity index (χ2v) is 6.78. The average Bonchev–Trinajstić information content (AvgIpc) is 2.90. The summed E-state index contributed by atoms with van der Waals surface area (Å²) >= 11 is 6.48. The van der Waals surface area contributed by atoms with Gasteiger partial charge in [0.15, 0.2) is 0 Å². The number of esters is 1. The van der Waals surface area contributed by atoms with Crippen LogP contribution in [0.4, 0.5) is 5.69 Å². The predicted octanol–water partition coefficient (Wildman–Crippen LogP) is 2.44. The van der Waals surface area contributed by atoms with Crippen molar-refractivity contribution < 1.29 is 19.1 Å². The fourth-order valence-electron chi connectivity index (χ4n) is 2.18. The molecule has 8 heteroatoms. The van der Waals surface area contributed by atoms with Crippen molar-refractivity contribution in [3.63, 3.8) is 0 Å². The number of ether oxygens (including phenoxy) is 1. The van der Waals surface area contributed by atoms with Crippen molar-refractivity contribution in [2.75, 3.05) is 24.7 Å². The lowest BCUT2D eigenvalue weighted by Crippen LogP contribution is -2.29. The minimum Gasteiger partial charge on any atom is -0.465 e. The maximum absolute atomic E-state index is 11.9. The summed E-state index contributed by atoms with van der Waals surface area (Å²) in [6.45, 7) is 0.561. The average molecular weight is 366 g/mol. The van der Waals surface area contributed by atoms with Gasteiger partial charge in [-0.2, -0.15) is 0 Å². The highest BCUT2D eigenvalue weighted by molar-refractivity contribution is 8.23. The van der Waals surface area contributed by atoms with Crippen molar-refractivity contribution in [2.24, 2.45) is 0 Å². The van der Waals surface area contributed by atoms with Gasteiger partial charge in [0.05, 0.1) is 18.4 Å². The molecule has 0 atom stereocenters. The number of thioether (sulfide) groups is 1. The molecular formula is C16H18N2O4S2. The summed E-state index contributed by atoms with van der Waals surface area (Å²) in [5.74, 6) is -0.0629. The Labute approximate surface area is 149 Å². The Bertz CT molecular complexity index is 630. The molecule has 0 radical (unpaired) electrons. The molecule has 1 aliphatic heterocycles. The Morgan fingerprint density at radius 2 is 2.00 bits per heavy atom.